The lowest BCUT2D eigenvalue weighted by Crippen LogP contribution is -2.35. The molecule has 0 saturated heterocycles. The highest BCUT2D eigenvalue weighted by atomic mass is 16.1. The van der Waals surface area contributed by atoms with Gasteiger partial charge < -0.3 is 4.98 Å². The first-order chi connectivity index (χ1) is 11.8. The van der Waals surface area contributed by atoms with E-state index >= 15 is 0 Å². The van der Waals surface area contributed by atoms with Crippen LogP contribution in [0.1, 0.15) is 17.0 Å². The quantitative estimate of drug-likeness (QED) is 0.796. The lowest BCUT2D eigenvalue weighted by Gasteiger charge is -2.27. The van der Waals surface area contributed by atoms with Crippen LogP contribution in [0.25, 0.3) is 11.4 Å². The third-order valence-electron chi connectivity index (χ3n) is 4.21. The first kappa shape index (κ1) is 14.7. The van der Waals surface area contributed by atoms with Gasteiger partial charge in [0.2, 0.25) is 0 Å². The fourth-order valence-electron chi connectivity index (χ4n) is 2.98. The zero-order chi connectivity index (χ0) is 16.4. The Kier molecular flexibility index (Phi) is 3.88. The number of fused-ring (bicyclic) bond motifs is 1. The Morgan fingerprint density at radius 1 is 1.12 bits per heavy atom. The predicted octanol–water partition coefficient (Wildman–Crippen LogP) is 1.79. The summed E-state index contributed by atoms with van der Waals surface area (Å²) in [4.78, 5) is 30.6. The van der Waals surface area contributed by atoms with E-state index < -0.39 is 0 Å². The molecule has 6 nitrogen and oxygen atoms in total. The molecule has 6 heteroatoms. The molecule has 0 aliphatic carbocycles. The third kappa shape index (κ3) is 2.96. The molecule has 0 bridgehead atoms. The predicted molar refractivity (Wildman–Crippen MR) is 90.1 cm³/mol. The molecule has 4 rings (SSSR count). The van der Waals surface area contributed by atoms with Crippen LogP contribution in [0.2, 0.25) is 0 Å². The van der Waals surface area contributed by atoms with Crippen LogP contribution < -0.4 is 5.56 Å². The Bertz CT molecular complexity index is 892. The smallest absolute Gasteiger partial charge is 0.255 e. The number of nitrogens with zero attached hydrogens (tertiary/aromatic N) is 4. The normalized spacial score (nSPS) is 14.3. The van der Waals surface area contributed by atoms with Gasteiger partial charge in [0.25, 0.3) is 5.56 Å². The maximum Gasteiger partial charge on any atom is 0.255 e. The second kappa shape index (κ2) is 6.33. The molecular formula is C18H17N5O. The number of aromatic nitrogens is 4. The number of hydrogen-bond donors (Lipinski definition) is 1. The molecule has 3 aromatic rings. The van der Waals surface area contributed by atoms with Gasteiger partial charge >= 0.3 is 0 Å². The van der Waals surface area contributed by atoms with E-state index in [0.717, 1.165) is 42.0 Å². The molecule has 0 amide bonds. The minimum absolute atomic E-state index is 0.0578. The standard InChI is InChI=1S/C18H17N5O/c24-18-15-12-23(11-14-3-1-2-7-20-14)10-6-16(15)21-17(22-18)13-4-8-19-9-5-13/h1-5,7-9H,6,10-12H2,(H,21,22,24). The average molecular weight is 319 g/mol. The number of H-pyrrole nitrogens is 1. The number of aromatic amines is 1. The highest BCUT2D eigenvalue weighted by Crippen LogP contribution is 2.19. The minimum Gasteiger partial charge on any atom is -0.306 e. The zero-order valence-corrected chi connectivity index (χ0v) is 13.1. The molecule has 0 radical (unpaired) electrons. The highest BCUT2D eigenvalue weighted by molar-refractivity contribution is 5.54. The van der Waals surface area contributed by atoms with E-state index in [-0.39, 0.29) is 5.56 Å². The number of rotatable bonds is 3. The number of pyridine rings is 2. The molecule has 0 unspecified atom stereocenters. The van der Waals surface area contributed by atoms with E-state index in [1.807, 2.05) is 30.3 Å². The first-order valence-electron chi connectivity index (χ1n) is 7.94. The van der Waals surface area contributed by atoms with E-state index in [0.29, 0.717) is 12.4 Å². The van der Waals surface area contributed by atoms with Gasteiger partial charge in [-0.05, 0) is 24.3 Å². The average Bonchev–Trinajstić information content (AvgIpc) is 2.64. The second-order valence-corrected chi connectivity index (χ2v) is 5.86. The monoisotopic (exact) mass is 319 g/mol. The molecule has 3 aromatic heterocycles. The molecule has 0 fully saturated rings. The van der Waals surface area contributed by atoms with E-state index in [4.69, 9.17) is 0 Å². The Morgan fingerprint density at radius 2 is 2.00 bits per heavy atom. The van der Waals surface area contributed by atoms with Crippen molar-refractivity contribution in [2.24, 2.45) is 0 Å². The van der Waals surface area contributed by atoms with Crippen molar-refractivity contribution >= 4 is 0 Å². The Balaban J connectivity index is 1.60. The molecule has 0 atom stereocenters. The molecule has 0 spiro atoms. The Morgan fingerprint density at radius 3 is 2.79 bits per heavy atom. The van der Waals surface area contributed by atoms with Crippen molar-refractivity contribution in [2.75, 3.05) is 6.54 Å². The summed E-state index contributed by atoms with van der Waals surface area (Å²) < 4.78 is 0. The molecule has 1 N–H and O–H groups in total. The minimum atomic E-state index is -0.0578. The van der Waals surface area contributed by atoms with Crippen molar-refractivity contribution in [1.82, 2.24) is 24.8 Å². The van der Waals surface area contributed by atoms with Crippen LogP contribution in [-0.2, 0) is 19.5 Å². The lowest BCUT2D eigenvalue weighted by molar-refractivity contribution is 0.239. The summed E-state index contributed by atoms with van der Waals surface area (Å²) in [5.41, 5.74) is 3.48. The maximum atomic E-state index is 12.5. The van der Waals surface area contributed by atoms with Crippen molar-refractivity contribution in [2.45, 2.75) is 19.5 Å². The van der Waals surface area contributed by atoms with E-state index in [1.54, 1.807) is 18.6 Å². The largest absolute Gasteiger partial charge is 0.306 e. The van der Waals surface area contributed by atoms with Crippen molar-refractivity contribution in [3.8, 4) is 11.4 Å². The first-order valence-corrected chi connectivity index (χ1v) is 7.94. The lowest BCUT2D eigenvalue weighted by atomic mass is 10.1. The maximum absolute atomic E-state index is 12.5. The Labute approximate surface area is 139 Å². The van der Waals surface area contributed by atoms with Crippen LogP contribution in [0.3, 0.4) is 0 Å². The van der Waals surface area contributed by atoms with Crippen LogP contribution in [0.5, 0.6) is 0 Å². The summed E-state index contributed by atoms with van der Waals surface area (Å²) >= 11 is 0. The SMILES string of the molecule is O=c1[nH]c(-c2ccncc2)nc2c1CN(Cc1ccccn1)CC2. The van der Waals surface area contributed by atoms with Gasteiger partial charge in [-0.15, -0.1) is 0 Å². The number of hydrogen-bond acceptors (Lipinski definition) is 5. The molecular weight excluding hydrogens is 302 g/mol. The van der Waals surface area contributed by atoms with Crippen LogP contribution >= 0.6 is 0 Å². The molecule has 120 valence electrons. The fraction of sp³-hybridized carbons (Fsp3) is 0.222. The van der Waals surface area contributed by atoms with Crippen LogP contribution in [0.15, 0.2) is 53.7 Å². The van der Waals surface area contributed by atoms with Crippen LogP contribution in [-0.4, -0.2) is 31.4 Å². The topological polar surface area (TPSA) is 74.8 Å². The van der Waals surface area contributed by atoms with Crippen molar-refractivity contribution in [3.63, 3.8) is 0 Å². The summed E-state index contributed by atoms with van der Waals surface area (Å²) in [7, 11) is 0. The Hall–Kier alpha value is -2.86. The summed E-state index contributed by atoms with van der Waals surface area (Å²) in [5, 5.41) is 0. The molecule has 4 heterocycles. The van der Waals surface area contributed by atoms with Crippen molar-refractivity contribution < 1.29 is 0 Å². The molecule has 24 heavy (non-hydrogen) atoms. The van der Waals surface area contributed by atoms with Crippen molar-refractivity contribution in [3.05, 3.63) is 76.2 Å². The summed E-state index contributed by atoms with van der Waals surface area (Å²) in [6.07, 6.45) is 5.96. The summed E-state index contributed by atoms with van der Waals surface area (Å²) in [6, 6.07) is 9.59. The van der Waals surface area contributed by atoms with Gasteiger partial charge in [-0.25, -0.2) is 4.98 Å². The van der Waals surface area contributed by atoms with E-state index in [1.165, 1.54) is 0 Å². The van der Waals surface area contributed by atoms with E-state index in [9.17, 15) is 4.79 Å². The molecule has 0 aromatic carbocycles. The van der Waals surface area contributed by atoms with Crippen LogP contribution in [0, 0.1) is 0 Å². The second-order valence-electron chi connectivity index (χ2n) is 5.86. The van der Waals surface area contributed by atoms with Gasteiger partial charge in [-0.1, -0.05) is 6.07 Å². The highest BCUT2D eigenvalue weighted by Gasteiger charge is 2.21. The third-order valence-corrected chi connectivity index (χ3v) is 4.21. The van der Waals surface area contributed by atoms with Gasteiger partial charge in [0.15, 0.2) is 0 Å². The summed E-state index contributed by atoms with van der Waals surface area (Å²) in [6.45, 7) is 2.21. The van der Waals surface area contributed by atoms with Crippen LogP contribution in [0.4, 0.5) is 0 Å². The number of nitrogens with one attached hydrogen (secondary N) is 1. The fourth-order valence-corrected chi connectivity index (χ4v) is 2.98. The summed E-state index contributed by atoms with van der Waals surface area (Å²) in [5.74, 6) is 0.610. The van der Waals surface area contributed by atoms with Gasteiger partial charge in [-0.2, -0.15) is 0 Å². The van der Waals surface area contributed by atoms with E-state index in [2.05, 4.69) is 24.8 Å². The van der Waals surface area contributed by atoms with Gasteiger partial charge in [0.1, 0.15) is 5.82 Å². The zero-order valence-electron chi connectivity index (χ0n) is 13.1. The molecule has 1 aliphatic rings. The van der Waals surface area contributed by atoms with Gasteiger partial charge in [0.05, 0.1) is 17.0 Å². The molecule has 0 saturated carbocycles. The van der Waals surface area contributed by atoms with Gasteiger partial charge in [-0.3, -0.25) is 19.7 Å². The van der Waals surface area contributed by atoms with Gasteiger partial charge in [0, 0.05) is 50.2 Å². The van der Waals surface area contributed by atoms with Crippen molar-refractivity contribution in [1.29, 1.82) is 0 Å². The molecule has 1 aliphatic heterocycles.